The highest BCUT2D eigenvalue weighted by Crippen LogP contribution is 2.09. The second-order valence-electron chi connectivity index (χ2n) is 4.76. The Morgan fingerprint density at radius 1 is 1.14 bits per heavy atom. The van der Waals surface area contributed by atoms with Crippen LogP contribution in [-0.4, -0.2) is 49.9 Å². The summed E-state index contributed by atoms with van der Waals surface area (Å²) < 4.78 is 0. The highest BCUT2D eigenvalue weighted by molar-refractivity contribution is 5.97. The zero-order chi connectivity index (χ0) is 15.7. The lowest BCUT2D eigenvalue weighted by Crippen LogP contribution is -2.40. The molecule has 0 unspecified atom stereocenters. The highest BCUT2D eigenvalue weighted by Gasteiger charge is 2.14. The monoisotopic (exact) mass is 291 g/mol. The Labute approximate surface area is 126 Å². The Bertz CT molecular complexity index is 470. The van der Waals surface area contributed by atoms with Gasteiger partial charge in [-0.25, -0.2) is 0 Å². The van der Waals surface area contributed by atoms with Gasteiger partial charge in [0, 0.05) is 18.7 Å². The predicted molar refractivity (Wildman–Crippen MR) is 84.3 cm³/mol. The predicted octanol–water partition coefficient (Wildman–Crippen LogP) is 1.05. The summed E-state index contributed by atoms with van der Waals surface area (Å²) in [7, 11) is 1.88. The number of nitrogens with zero attached hydrogens (tertiary/aromatic N) is 1. The normalized spacial score (nSPS) is 10.2. The topological polar surface area (TPSA) is 61.4 Å². The van der Waals surface area contributed by atoms with Gasteiger partial charge in [0.15, 0.2) is 0 Å². The fourth-order valence-electron chi connectivity index (χ4n) is 2.16. The largest absolute Gasteiger partial charge is 0.343 e. The van der Waals surface area contributed by atoms with Crippen molar-refractivity contribution in [3.8, 4) is 0 Å². The Morgan fingerprint density at radius 3 is 2.43 bits per heavy atom. The zero-order valence-corrected chi connectivity index (χ0v) is 13.1. The number of amides is 2. The van der Waals surface area contributed by atoms with Crippen molar-refractivity contribution >= 4 is 11.8 Å². The number of carbonyl (C=O) groups excluding carboxylic acids is 2. The van der Waals surface area contributed by atoms with Crippen molar-refractivity contribution in [2.75, 3.05) is 33.2 Å². The van der Waals surface area contributed by atoms with E-state index in [1.165, 1.54) is 0 Å². The second kappa shape index (κ2) is 9.13. The Kier molecular flexibility index (Phi) is 7.46. The molecular formula is C16H25N3O2. The summed E-state index contributed by atoms with van der Waals surface area (Å²) in [6, 6.07) is 7.49. The minimum absolute atomic E-state index is 0.0425. The van der Waals surface area contributed by atoms with Crippen LogP contribution in [0.5, 0.6) is 0 Å². The molecule has 0 heterocycles. The fraction of sp³-hybridized carbons (Fsp3) is 0.500. The molecule has 1 aromatic carbocycles. The van der Waals surface area contributed by atoms with E-state index in [2.05, 4.69) is 10.6 Å². The van der Waals surface area contributed by atoms with Gasteiger partial charge in [0.25, 0.3) is 5.91 Å². The van der Waals surface area contributed by atoms with E-state index in [4.69, 9.17) is 0 Å². The van der Waals surface area contributed by atoms with Gasteiger partial charge in [0.1, 0.15) is 0 Å². The van der Waals surface area contributed by atoms with Crippen molar-refractivity contribution in [1.82, 2.24) is 15.5 Å². The third-order valence-electron chi connectivity index (χ3n) is 3.42. The van der Waals surface area contributed by atoms with Crippen LogP contribution in [0.15, 0.2) is 24.3 Å². The molecule has 5 heteroatoms. The van der Waals surface area contributed by atoms with Gasteiger partial charge in [-0.15, -0.1) is 0 Å². The molecule has 1 rings (SSSR count). The van der Waals surface area contributed by atoms with E-state index >= 15 is 0 Å². The molecule has 2 N–H and O–H groups in total. The number of hydrogen-bond donors (Lipinski definition) is 2. The van der Waals surface area contributed by atoms with Gasteiger partial charge < -0.3 is 15.5 Å². The van der Waals surface area contributed by atoms with E-state index in [0.29, 0.717) is 18.7 Å². The molecule has 0 aliphatic carbocycles. The summed E-state index contributed by atoms with van der Waals surface area (Å²) in [4.78, 5) is 25.8. The second-order valence-corrected chi connectivity index (χ2v) is 4.76. The van der Waals surface area contributed by atoms with Crippen LogP contribution in [0.4, 0.5) is 0 Å². The Hall–Kier alpha value is -1.88. The van der Waals surface area contributed by atoms with Gasteiger partial charge in [-0.3, -0.25) is 9.59 Å². The van der Waals surface area contributed by atoms with Crippen LogP contribution < -0.4 is 10.6 Å². The minimum atomic E-state index is -0.192. The van der Waals surface area contributed by atoms with Crippen molar-refractivity contribution in [3.63, 3.8) is 0 Å². The lowest BCUT2D eigenvalue weighted by molar-refractivity contribution is -0.129. The molecule has 5 nitrogen and oxygen atoms in total. The average Bonchev–Trinajstić information content (AvgIpc) is 2.52. The smallest absolute Gasteiger partial charge is 0.251 e. The number of rotatable bonds is 8. The van der Waals surface area contributed by atoms with Crippen LogP contribution >= 0.6 is 0 Å². The van der Waals surface area contributed by atoms with Crippen LogP contribution in [-0.2, 0) is 11.2 Å². The molecule has 0 aromatic heterocycles. The number of benzene rings is 1. The van der Waals surface area contributed by atoms with Crippen LogP contribution in [0.1, 0.15) is 29.8 Å². The van der Waals surface area contributed by atoms with Crippen molar-refractivity contribution in [3.05, 3.63) is 35.4 Å². The van der Waals surface area contributed by atoms with Crippen LogP contribution in [0.2, 0.25) is 0 Å². The number of carbonyl (C=O) groups is 2. The quantitative estimate of drug-likeness (QED) is 0.752. The van der Waals surface area contributed by atoms with Gasteiger partial charge in [0.05, 0.1) is 6.54 Å². The average molecular weight is 291 g/mol. The van der Waals surface area contributed by atoms with Crippen molar-refractivity contribution in [1.29, 1.82) is 0 Å². The first kappa shape index (κ1) is 17.2. The Balaban J connectivity index is 2.65. The molecule has 0 spiro atoms. The van der Waals surface area contributed by atoms with E-state index in [1.807, 2.05) is 39.1 Å². The van der Waals surface area contributed by atoms with Crippen LogP contribution in [0.3, 0.4) is 0 Å². The van der Waals surface area contributed by atoms with E-state index in [1.54, 1.807) is 11.0 Å². The lowest BCUT2D eigenvalue weighted by Gasteiger charge is -2.19. The van der Waals surface area contributed by atoms with Gasteiger partial charge in [0.2, 0.25) is 5.91 Å². The molecule has 0 radical (unpaired) electrons. The SMILES string of the molecule is CCN(CC)C(=O)CNC(=O)c1ccccc1CCNC. The maximum Gasteiger partial charge on any atom is 0.251 e. The summed E-state index contributed by atoms with van der Waals surface area (Å²) in [6.45, 7) is 6.02. The van der Waals surface area contributed by atoms with Crippen molar-refractivity contribution in [2.24, 2.45) is 0 Å². The molecule has 2 amide bonds. The molecule has 0 saturated heterocycles. The number of likely N-dealkylation sites (N-methyl/N-ethyl adjacent to an activating group) is 2. The van der Waals surface area contributed by atoms with Crippen molar-refractivity contribution < 1.29 is 9.59 Å². The molecule has 0 bridgehead atoms. The van der Waals surface area contributed by atoms with E-state index in [-0.39, 0.29) is 18.4 Å². The summed E-state index contributed by atoms with van der Waals surface area (Å²) in [5.41, 5.74) is 1.62. The molecular weight excluding hydrogens is 266 g/mol. The third kappa shape index (κ3) is 5.19. The standard InChI is InChI=1S/C16H25N3O2/c1-4-19(5-2)15(20)12-18-16(21)14-9-7-6-8-13(14)10-11-17-3/h6-9,17H,4-5,10-12H2,1-3H3,(H,18,21). The van der Waals surface area contributed by atoms with Crippen LogP contribution in [0, 0.1) is 0 Å². The van der Waals surface area contributed by atoms with Gasteiger partial charge >= 0.3 is 0 Å². The zero-order valence-electron chi connectivity index (χ0n) is 13.1. The summed E-state index contributed by atoms with van der Waals surface area (Å²) >= 11 is 0. The number of hydrogen-bond acceptors (Lipinski definition) is 3. The summed E-state index contributed by atoms with van der Waals surface area (Å²) in [6.07, 6.45) is 0.782. The number of nitrogens with one attached hydrogen (secondary N) is 2. The molecule has 1 aromatic rings. The molecule has 0 saturated carbocycles. The molecule has 0 aliphatic heterocycles. The minimum Gasteiger partial charge on any atom is -0.343 e. The first-order valence-electron chi connectivity index (χ1n) is 7.42. The lowest BCUT2D eigenvalue weighted by atomic mass is 10.0. The summed E-state index contributed by atoms with van der Waals surface area (Å²) in [5, 5.41) is 5.78. The molecule has 21 heavy (non-hydrogen) atoms. The van der Waals surface area contributed by atoms with Gasteiger partial charge in [-0.05, 0) is 45.5 Å². The Morgan fingerprint density at radius 2 is 1.81 bits per heavy atom. The first-order chi connectivity index (χ1) is 10.1. The van der Waals surface area contributed by atoms with Gasteiger partial charge in [-0.1, -0.05) is 18.2 Å². The fourth-order valence-corrected chi connectivity index (χ4v) is 2.16. The van der Waals surface area contributed by atoms with E-state index in [0.717, 1.165) is 18.5 Å². The highest BCUT2D eigenvalue weighted by atomic mass is 16.2. The molecule has 0 aliphatic rings. The van der Waals surface area contributed by atoms with E-state index < -0.39 is 0 Å². The maximum absolute atomic E-state index is 12.2. The first-order valence-corrected chi connectivity index (χ1v) is 7.42. The molecule has 116 valence electrons. The van der Waals surface area contributed by atoms with E-state index in [9.17, 15) is 9.59 Å². The van der Waals surface area contributed by atoms with Crippen LogP contribution in [0.25, 0.3) is 0 Å². The maximum atomic E-state index is 12.2. The summed E-state index contributed by atoms with van der Waals surface area (Å²) in [5.74, 6) is -0.247. The van der Waals surface area contributed by atoms with Gasteiger partial charge in [-0.2, -0.15) is 0 Å². The molecule has 0 atom stereocenters. The molecule has 0 fully saturated rings. The van der Waals surface area contributed by atoms with Crippen molar-refractivity contribution in [2.45, 2.75) is 20.3 Å². The third-order valence-corrected chi connectivity index (χ3v) is 3.42.